The summed E-state index contributed by atoms with van der Waals surface area (Å²) in [6, 6.07) is 25.9. The molecule has 1 aromatic heterocycles. The van der Waals surface area contributed by atoms with E-state index in [-0.39, 0.29) is 5.91 Å². The van der Waals surface area contributed by atoms with E-state index in [1.807, 2.05) is 66.4 Å². The van der Waals surface area contributed by atoms with Crippen LogP contribution in [0.3, 0.4) is 0 Å². The predicted octanol–water partition coefficient (Wildman–Crippen LogP) is 5.83. The van der Waals surface area contributed by atoms with Crippen molar-refractivity contribution in [3.05, 3.63) is 95.0 Å². The summed E-state index contributed by atoms with van der Waals surface area (Å²) in [5, 5.41) is 1.51. The lowest BCUT2D eigenvalue weighted by Gasteiger charge is -2.36. The van der Waals surface area contributed by atoms with Crippen molar-refractivity contribution in [2.45, 2.75) is 6.92 Å². The highest BCUT2D eigenvalue weighted by atomic mass is 35.5. The Labute approximate surface area is 193 Å². The second-order valence-corrected chi connectivity index (χ2v) is 8.53. The molecular weight excluding hydrogens is 418 g/mol. The Morgan fingerprint density at radius 3 is 2.34 bits per heavy atom. The number of amides is 1. The van der Waals surface area contributed by atoms with Gasteiger partial charge in [-0.25, -0.2) is 4.98 Å². The van der Waals surface area contributed by atoms with Crippen LogP contribution in [0.15, 0.2) is 78.9 Å². The molecule has 3 aromatic carbocycles. The Morgan fingerprint density at radius 1 is 0.875 bits per heavy atom. The minimum atomic E-state index is 0.0454. The summed E-state index contributed by atoms with van der Waals surface area (Å²) in [4.78, 5) is 22.8. The van der Waals surface area contributed by atoms with Crippen LogP contribution in [0.5, 0.6) is 0 Å². The predicted molar refractivity (Wildman–Crippen MR) is 131 cm³/mol. The van der Waals surface area contributed by atoms with Gasteiger partial charge >= 0.3 is 0 Å². The van der Waals surface area contributed by atoms with Crippen LogP contribution in [-0.2, 0) is 0 Å². The number of halogens is 1. The Hall–Kier alpha value is -3.37. The molecule has 0 saturated carbocycles. The fourth-order valence-corrected chi connectivity index (χ4v) is 4.59. The maximum Gasteiger partial charge on any atom is 0.254 e. The number of piperazine rings is 1. The Bertz CT molecular complexity index is 1280. The smallest absolute Gasteiger partial charge is 0.254 e. The number of aromatic nitrogens is 1. The SMILES string of the molecule is Cc1cccc2c(C(=O)N3CCN(c4ccccc4)CC3)cc(-c3ccccc3Cl)nc12. The lowest BCUT2D eigenvalue weighted by Crippen LogP contribution is -2.48. The summed E-state index contributed by atoms with van der Waals surface area (Å²) < 4.78 is 0. The highest BCUT2D eigenvalue weighted by Gasteiger charge is 2.25. The number of anilines is 1. The van der Waals surface area contributed by atoms with Crippen LogP contribution >= 0.6 is 11.6 Å². The van der Waals surface area contributed by atoms with E-state index in [9.17, 15) is 4.79 Å². The second-order valence-electron chi connectivity index (χ2n) is 8.12. The molecule has 4 aromatic rings. The number of pyridine rings is 1. The summed E-state index contributed by atoms with van der Waals surface area (Å²) in [7, 11) is 0. The summed E-state index contributed by atoms with van der Waals surface area (Å²) in [5.74, 6) is 0.0454. The van der Waals surface area contributed by atoms with Crippen LogP contribution in [0.4, 0.5) is 5.69 Å². The normalized spacial score (nSPS) is 14.1. The topological polar surface area (TPSA) is 36.4 Å². The molecule has 0 radical (unpaired) electrons. The number of carbonyl (C=O) groups excluding carboxylic acids is 1. The molecule has 1 amide bonds. The van der Waals surface area contributed by atoms with E-state index >= 15 is 0 Å². The molecule has 0 atom stereocenters. The zero-order chi connectivity index (χ0) is 22.1. The van der Waals surface area contributed by atoms with Crippen LogP contribution in [0, 0.1) is 6.92 Å². The van der Waals surface area contributed by atoms with Crippen molar-refractivity contribution in [3.63, 3.8) is 0 Å². The molecule has 32 heavy (non-hydrogen) atoms. The third kappa shape index (κ3) is 3.82. The number of para-hydroxylation sites is 2. The molecule has 1 saturated heterocycles. The fraction of sp³-hybridized carbons (Fsp3) is 0.185. The van der Waals surface area contributed by atoms with E-state index in [1.54, 1.807) is 0 Å². The van der Waals surface area contributed by atoms with Crippen LogP contribution in [0.25, 0.3) is 22.2 Å². The quantitative estimate of drug-likeness (QED) is 0.401. The minimum absolute atomic E-state index is 0.0454. The molecule has 4 nitrogen and oxygen atoms in total. The van der Waals surface area contributed by atoms with E-state index in [2.05, 4.69) is 29.2 Å². The van der Waals surface area contributed by atoms with Crippen molar-refractivity contribution in [2.75, 3.05) is 31.1 Å². The van der Waals surface area contributed by atoms with Gasteiger partial charge < -0.3 is 9.80 Å². The summed E-state index contributed by atoms with van der Waals surface area (Å²) in [5.41, 5.74) is 5.33. The molecule has 1 aliphatic heterocycles. The van der Waals surface area contributed by atoms with Crippen LogP contribution in [0.2, 0.25) is 5.02 Å². The lowest BCUT2D eigenvalue weighted by atomic mass is 10.0. The van der Waals surface area contributed by atoms with E-state index < -0.39 is 0 Å². The number of nitrogens with zero attached hydrogens (tertiary/aromatic N) is 3. The second kappa shape index (κ2) is 8.64. The number of benzene rings is 3. The summed E-state index contributed by atoms with van der Waals surface area (Å²) in [6.07, 6.45) is 0. The minimum Gasteiger partial charge on any atom is -0.368 e. The van der Waals surface area contributed by atoms with Crippen molar-refractivity contribution in [1.82, 2.24) is 9.88 Å². The Morgan fingerprint density at radius 2 is 1.59 bits per heavy atom. The van der Waals surface area contributed by atoms with Crippen LogP contribution in [0.1, 0.15) is 15.9 Å². The van der Waals surface area contributed by atoms with Gasteiger partial charge in [-0.05, 0) is 36.8 Å². The van der Waals surface area contributed by atoms with Crippen LogP contribution < -0.4 is 4.90 Å². The Kier molecular flexibility index (Phi) is 5.54. The molecule has 0 bridgehead atoms. The first kappa shape index (κ1) is 20.5. The molecular formula is C27H24ClN3O. The largest absolute Gasteiger partial charge is 0.368 e. The molecule has 5 heteroatoms. The molecule has 0 aliphatic carbocycles. The van der Waals surface area contributed by atoms with Crippen molar-refractivity contribution in [1.29, 1.82) is 0 Å². The number of hydrogen-bond donors (Lipinski definition) is 0. The van der Waals surface area contributed by atoms with Crippen LogP contribution in [-0.4, -0.2) is 42.0 Å². The van der Waals surface area contributed by atoms with Gasteiger partial charge in [0.2, 0.25) is 0 Å². The number of rotatable bonds is 3. The summed E-state index contributed by atoms with van der Waals surface area (Å²) >= 11 is 6.46. The average Bonchev–Trinajstić information content (AvgIpc) is 2.84. The van der Waals surface area contributed by atoms with Crippen molar-refractivity contribution in [3.8, 4) is 11.3 Å². The number of hydrogen-bond acceptors (Lipinski definition) is 3. The first-order chi connectivity index (χ1) is 15.6. The molecule has 2 heterocycles. The first-order valence-corrected chi connectivity index (χ1v) is 11.2. The number of fused-ring (bicyclic) bond motifs is 1. The highest BCUT2D eigenvalue weighted by molar-refractivity contribution is 6.33. The van der Waals surface area contributed by atoms with Gasteiger partial charge in [-0.3, -0.25) is 4.79 Å². The zero-order valence-electron chi connectivity index (χ0n) is 18.0. The number of aryl methyl sites for hydroxylation is 1. The van der Waals surface area contributed by atoms with E-state index in [0.717, 1.165) is 40.8 Å². The monoisotopic (exact) mass is 441 g/mol. The van der Waals surface area contributed by atoms with Gasteiger partial charge in [0.15, 0.2) is 0 Å². The number of carbonyl (C=O) groups is 1. The molecule has 160 valence electrons. The maximum absolute atomic E-state index is 13.7. The average molecular weight is 442 g/mol. The van der Waals surface area contributed by atoms with Gasteiger partial charge in [0.1, 0.15) is 0 Å². The molecule has 1 fully saturated rings. The van der Waals surface area contributed by atoms with E-state index in [4.69, 9.17) is 16.6 Å². The van der Waals surface area contributed by atoms with E-state index in [0.29, 0.717) is 23.7 Å². The van der Waals surface area contributed by atoms with Crippen molar-refractivity contribution < 1.29 is 4.79 Å². The fourth-order valence-electron chi connectivity index (χ4n) is 4.35. The molecule has 0 unspecified atom stereocenters. The third-order valence-electron chi connectivity index (χ3n) is 6.11. The highest BCUT2D eigenvalue weighted by Crippen LogP contribution is 2.31. The molecule has 0 N–H and O–H groups in total. The lowest BCUT2D eigenvalue weighted by molar-refractivity contribution is 0.0748. The molecule has 5 rings (SSSR count). The van der Waals surface area contributed by atoms with Gasteiger partial charge in [-0.1, -0.05) is 66.2 Å². The summed E-state index contributed by atoms with van der Waals surface area (Å²) in [6.45, 7) is 5.03. The molecule has 0 spiro atoms. The maximum atomic E-state index is 13.7. The van der Waals surface area contributed by atoms with E-state index in [1.165, 1.54) is 5.69 Å². The first-order valence-electron chi connectivity index (χ1n) is 10.9. The van der Waals surface area contributed by atoms with Crippen molar-refractivity contribution >= 4 is 34.1 Å². The third-order valence-corrected chi connectivity index (χ3v) is 6.44. The zero-order valence-corrected chi connectivity index (χ0v) is 18.7. The van der Waals surface area contributed by atoms with Gasteiger partial charge in [-0.2, -0.15) is 0 Å². The van der Waals surface area contributed by atoms with Gasteiger partial charge in [0, 0.05) is 47.8 Å². The van der Waals surface area contributed by atoms with Gasteiger partial charge in [-0.15, -0.1) is 0 Å². The molecule has 1 aliphatic rings. The Balaban J connectivity index is 1.50. The standard InChI is InChI=1S/C27H24ClN3O/c1-19-8-7-12-21-23(18-25(29-26(19)21)22-11-5-6-13-24(22)28)27(32)31-16-14-30(15-17-31)20-9-3-2-4-10-20/h2-13,18H,14-17H2,1H3. The van der Waals surface area contributed by atoms with Gasteiger partial charge in [0.25, 0.3) is 5.91 Å². The van der Waals surface area contributed by atoms with Crippen molar-refractivity contribution in [2.24, 2.45) is 0 Å². The van der Waals surface area contributed by atoms with Gasteiger partial charge in [0.05, 0.1) is 16.8 Å².